The van der Waals surface area contributed by atoms with Crippen molar-refractivity contribution >= 4 is 17.3 Å². The third-order valence-corrected chi connectivity index (χ3v) is 3.36. The van der Waals surface area contributed by atoms with E-state index in [-0.39, 0.29) is 18.3 Å². The van der Waals surface area contributed by atoms with Crippen molar-refractivity contribution in [3.63, 3.8) is 0 Å². The molecule has 0 atom stereocenters. The minimum atomic E-state index is -0.289. The van der Waals surface area contributed by atoms with Gasteiger partial charge < -0.3 is 19.9 Å². The van der Waals surface area contributed by atoms with Crippen LogP contribution >= 0.6 is 0 Å². The van der Waals surface area contributed by atoms with Gasteiger partial charge in [-0.3, -0.25) is 4.79 Å². The van der Waals surface area contributed by atoms with Crippen molar-refractivity contribution in [1.82, 2.24) is 5.32 Å². The molecule has 1 amide bonds. The Morgan fingerprint density at radius 2 is 2.20 bits per heavy atom. The van der Waals surface area contributed by atoms with Crippen LogP contribution in [-0.2, 0) is 9.53 Å². The zero-order valence-corrected chi connectivity index (χ0v) is 11.9. The molecule has 20 heavy (non-hydrogen) atoms. The predicted octanol–water partition coefficient (Wildman–Crippen LogP) is 0.844. The van der Waals surface area contributed by atoms with Crippen molar-refractivity contribution < 1.29 is 13.9 Å². The van der Waals surface area contributed by atoms with Gasteiger partial charge >= 0.3 is 0 Å². The summed E-state index contributed by atoms with van der Waals surface area (Å²) in [4.78, 5) is 15.9. The van der Waals surface area contributed by atoms with Crippen molar-refractivity contribution in [1.29, 1.82) is 0 Å². The Labute approximate surface area is 118 Å². The van der Waals surface area contributed by atoms with Gasteiger partial charge in [-0.15, -0.1) is 0 Å². The molecule has 0 spiro atoms. The maximum Gasteiger partial charge on any atom is 0.241 e. The summed E-state index contributed by atoms with van der Waals surface area (Å²) in [5, 5.41) is 3.03. The largest absolute Gasteiger partial charge is 0.383 e. The highest BCUT2D eigenvalue weighted by atomic mass is 19.1. The summed E-state index contributed by atoms with van der Waals surface area (Å²) in [6.45, 7) is 2.76. The number of ether oxygens (including phenoxy) is 1. The molecule has 1 aromatic rings. The number of anilines is 2. The zero-order chi connectivity index (χ0) is 14.5. The Kier molecular flexibility index (Phi) is 4.92. The molecule has 0 saturated carbocycles. The lowest BCUT2D eigenvalue weighted by atomic mass is 10.1. The van der Waals surface area contributed by atoms with Crippen LogP contribution in [0, 0.1) is 5.82 Å². The molecule has 6 heteroatoms. The Hall–Kier alpha value is -1.66. The fourth-order valence-corrected chi connectivity index (χ4v) is 2.25. The molecule has 110 valence electrons. The van der Waals surface area contributed by atoms with Crippen LogP contribution in [0.1, 0.15) is 0 Å². The van der Waals surface area contributed by atoms with Crippen LogP contribution in [-0.4, -0.2) is 52.9 Å². The first-order chi connectivity index (χ1) is 9.63. The molecular formula is C14H20FN3O2. The normalized spacial score (nSPS) is 14.3. The molecule has 1 heterocycles. The van der Waals surface area contributed by atoms with Crippen LogP contribution < -0.4 is 15.1 Å². The molecular weight excluding hydrogens is 261 g/mol. The van der Waals surface area contributed by atoms with Gasteiger partial charge in [0, 0.05) is 33.8 Å². The van der Waals surface area contributed by atoms with Crippen molar-refractivity contribution in [2.75, 3.05) is 56.7 Å². The van der Waals surface area contributed by atoms with E-state index in [0.29, 0.717) is 26.2 Å². The number of fused-ring (bicyclic) bond motifs is 1. The predicted molar refractivity (Wildman–Crippen MR) is 76.8 cm³/mol. The smallest absolute Gasteiger partial charge is 0.241 e. The highest BCUT2D eigenvalue weighted by molar-refractivity contribution is 5.98. The van der Waals surface area contributed by atoms with Crippen molar-refractivity contribution in [3.8, 4) is 0 Å². The summed E-state index contributed by atoms with van der Waals surface area (Å²) >= 11 is 0. The first kappa shape index (κ1) is 14.7. The average Bonchev–Trinajstić information content (AvgIpc) is 2.44. The number of hydrogen-bond donors (Lipinski definition) is 1. The van der Waals surface area contributed by atoms with Crippen LogP contribution in [0.15, 0.2) is 18.2 Å². The number of carbonyl (C=O) groups excluding carboxylic acids is 1. The number of methoxy groups -OCH3 is 1. The van der Waals surface area contributed by atoms with Crippen LogP contribution in [0.2, 0.25) is 0 Å². The van der Waals surface area contributed by atoms with Gasteiger partial charge in [-0.1, -0.05) is 0 Å². The fourth-order valence-electron chi connectivity index (χ4n) is 2.25. The minimum Gasteiger partial charge on any atom is -0.383 e. The van der Waals surface area contributed by atoms with Crippen molar-refractivity contribution in [2.24, 2.45) is 0 Å². The summed E-state index contributed by atoms with van der Waals surface area (Å²) < 4.78 is 18.2. The average molecular weight is 281 g/mol. The minimum absolute atomic E-state index is 0.0120. The number of likely N-dealkylation sites (N-methyl/N-ethyl adjacent to an activating group) is 1. The molecule has 1 N–H and O–H groups in total. The van der Waals surface area contributed by atoms with E-state index in [1.807, 2.05) is 11.9 Å². The van der Waals surface area contributed by atoms with Gasteiger partial charge in [0.15, 0.2) is 0 Å². The van der Waals surface area contributed by atoms with Gasteiger partial charge in [0.1, 0.15) is 5.82 Å². The Morgan fingerprint density at radius 1 is 1.40 bits per heavy atom. The van der Waals surface area contributed by atoms with E-state index in [0.717, 1.165) is 11.4 Å². The van der Waals surface area contributed by atoms with Gasteiger partial charge in [0.05, 0.1) is 24.5 Å². The van der Waals surface area contributed by atoms with E-state index < -0.39 is 0 Å². The van der Waals surface area contributed by atoms with E-state index in [4.69, 9.17) is 4.74 Å². The molecule has 2 rings (SSSR count). The van der Waals surface area contributed by atoms with Crippen molar-refractivity contribution in [2.45, 2.75) is 0 Å². The molecule has 0 saturated heterocycles. The first-order valence-corrected chi connectivity index (χ1v) is 6.64. The first-order valence-electron chi connectivity index (χ1n) is 6.64. The van der Waals surface area contributed by atoms with Gasteiger partial charge in [-0.05, 0) is 18.2 Å². The van der Waals surface area contributed by atoms with E-state index >= 15 is 0 Å². The molecule has 0 fully saturated rings. The Balaban J connectivity index is 2.07. The van der Waals surface area contributed by atoms with Crippen molar-refractivity contribution in [3.05, 3.63) is 24.0 Å². The quantitative estimate of drug-likeness (QED) is 0.813. The number of hydrogen-bond acceptors (Lipinski definition) is 4. The lowest BCUT2D eigenvalue weighted by Gasteiger charge is -2.35. The number of nitrogens with zero attached hydrogens (tertiary/aromatic N) is 2. The lowest BCUT2D eigenvalue weighted by Crippen LogP contribution is -2.46. The maximum atomic E-state index is 13.3. The highest BCUT2D eigenvalue weighted by Crippen LogP contribution is 2.32. The van der Waals surface area contributed by atoms with Crippen LogP contribution in [0.3, 0.4) is 0 Å². The number of nitrogens with one attached hydrogen (secondary N) is 1. The molecule has 0 aromatic heterocycles. The van der Waals surface area contributed by atoms with Gasteiger partial charge in [-0.25, -0.2) is 4.39 Å². The molecule has 0 unspecified atom stereocenters. The monoisotopic (exact) mass is 281 g/mol. The summed E-state index contributed by atoms with van der Waals surface area (Å²) in [6, 6.07) is 4.51. The number of amides is 1. The lowest BCUT2D eigenvalue weighted by molar-refractivity contribution is -0.117. The second kappa shape index (κ2) is 6.67. The van der Waals surface area contributed by atoms with Gasteiger partial charge in [-0.2, -0.15) is 0 Å². The second-order valence-corrected chi connectivity index (χ2v) is 4.77. The van der Waals surface area contributed by atoms with E-state index in [1.54, 1.807) is 18.1 Å². The fraction of sp³-hybridized carbons (Fsp3) is 0.500. The molecule has 0 aliphatic carbocycles. The Morgan fingerprint density at radius 3 is 2.95 bits per heavy atom. The molecule has 1 aliphatic rings. The third-order valence-electron chi connectivity index (χ3n) is 3.36. The standard InChI is InChI=1S/C14H20FN3O2/c1-17-6-7-18(14(19)10-16-5-8-20-2)12-4-3-11(15)9-13(12)17/h3-4,9,16H,5-8,10H2,1-2H3. The van der Waals surface area contributed by atoms with E-state index in [9.17, 15) is 9.18 Å². The Bertz CT molecular complexity index is 481. The van der Waals surface area contributed by atoms with Gasteiger partial charge in [0.2, 0.25) is 5.91 Å². The molecule has 5 nitrogen and oxygen atoms in total. The molecule has 0 radical (unpaired) electrons. The summed E-state index contributed by atoms with van der Waals surface area (Å²) in [7, 11) is 3.52. The maximum absolute atomic E-state index is 13.3. The van der Waals surface area contributed by atoms with Crippen LogP contribution in [0.4, 0.5) is 15.8 Å². The summed E-state index contributed by atoms with van der Waals surface area (Å²) in [5.41, 5.74) is 1.51. The van der Waals surface area contributed by atoms with E-state index in [2.05, 4.69) is 5.32 Å². The van der Waals surface area contributed by atoms with Crippen LogP contribution in [0.5, 0.6) is 0 Å². The van der Waals surface area contributed by atoms with Crippen LogP contribution in [0.25, 0.3) is 0 Å². The molecule has 1 aromatic carbocycles. The highest BCUT2D eigenvalue weighted by Gasteiger charge is 2.25. The summed E-state index contributed by atoms with van der Waals surface area (Å²) in [6.07, 6.45) is 0. The SMILES string of the molecule is COCCNCC(=O)N1CCN(C)c2cc(F)ccc21. The second-order valence-electron chi connectivity index (χ2n) is 4.77. The number of carbonyl (C=O) groups is 1. The van der Waals surface area contributed by atoms with Gasteiger partial charge in [0.25, 0.3) is 0 Å². The number of benzene rings is 1. The number of rotatable bonds is 5. The number of halogens is 1. The molecule has 1 aliphatic heterocycles. The summed E-state index contributed by atoms with van der Waals surface area (Å²) in [5.74, 6) is -0.301. The molecule has 0 bridgehead atoms. The van der Waals surface area contributed by atoms with E-state index in [1.165, 1.54) is 12.1 Å². The topological polar surface area (TPSA) is 44.8 Å². The third kappa shape index (κ3) is 3.26. The zero-order valence-electron chi connectivity index (χ0n) is 11.9.